The zero-order chi connectivity index (χ0) is 18.9. The van der Waals surface area contributed by atoms with Crippen LogP contribution in [-0.4, -0.2) is 54.9 Å². The van der Waals surface area contributed by atoms with Crippen molar-refractivity contribution < 1.29 is 14.4 Å². The molecule has 1 aliphatic heterocycles. The number of aromatic nitrogens is 4. The van der Waals surface area contributed by atoms with Crippen LogP contribution in [0.5, 0.6) is 0 Å². The van der Waals surface area contributed by atoms with E-state index in [0.717, 1.165) is 0 Å². The van der Waals surface area contributed by atoms with Gasteiger partial charge in [0.2, 0.25) is 5.91 Å². The minimum absolute atomic E-state index is 0.0444. The molecule has 2 aromatic rings. The lowest BCUT2D eigenvalue weighted by molar-refractivity contribution is -0.123. The number of imide groups is 1. The highest BCUT2D eigenvalue weighted by atomic mass is 16.2. The van der Waals surface area contributed by atoms with Gasteiger partial charge >= 0.3 is 0 Å². The molecule has 1 aromatic carbocycles. The fraction of sp³-hybridized carbons (Fsp3) is 0.412. The molecule has 0 bridgehead atoms. The molecule has 0 saturated carbocycles. The van der Waals surface area contributed by atoms with Crippen LogP contribution in [0.15, 0.2) is 24.3 Å². The van der Waals surface area contributed by atoms with E-state index in [2.05, 4.69) is 20.7 Å². The predicted octanol–water partition coefficient (Wildman–Crippen LogP) is 0.426. The molecule has 3 amide bonds. The second kappa shape index (κ2) is 6.66. The summed E-state index contributed by atoms with van der Waals surface area (Å²) in [6.07, 6.45) is 0.270. The SMILES string of the molecule is CC(C)(C)NC(=O)Cn1nnc(CCN2C(=O)c3ccccc3C2=O)n1. The van der Waals surface area contributed by atoms with Crippen molar-refractivity contribution in [2.24, 2.45) is 0 Å². The minimum atomic E-state index is -0.341. The number of benzene rings is 1. The molecule has 3 rings (SSSR count). The molecule has 9 heteroatoms. The summed E-state index contributed by atoms with van der Waals surface area (Å²) in [5, 5.41) is 14.6. The second-order valence-electron chi connectivity index (χ2n) is 7.09. The molecule has 1 N–H and O–H groups in total. The molecule has 0 unspecified atom stereocenters. The van der Waals surface area contributed by atoms with E-state index in [9.17, 15) is 14.4 Å². The average molecular weight is 356 g/mol. The van der Waals surface area contributed by atoms with Gasteiger partial charge in [0.1, 0.15) is 6.54 Å². The number of nitrogens with one attached hydrogen (secondary N) is 1. The van der Waals surface area contributed by atoms with Crippen molar-refractivity contribution in [3.05, 3.63) is 41.2 Å². The Balaban J connectivity index is 1.58. The first-order valence-corrected chi connectivity index (χ1v) is 8.27. The number of tetrazole rings is 1. The van der Waals surface area contributed by atoms with E-state index >= 15 is 0 Å². The Hall–Kier alpha value is -3.10. The third kappa shape index (κ3) is 3.76. The lowest BCUT2D eigenvalue weighted by Crippen LogP contribution is -2.42. The van der Waals surface area contributed by atoms with Gasteiger partial charge in [-0.2, -0.15) is 4.80 Å². The molecule has 0 aliphatic carbocycles. The Morgan fingerprint density at radius 2 is 1.73 bits per heavy atom. The maximum absolute atomic E-state index is 12.3. The van der Waals surface area contributed by atoms with Crippen molar-refractivity contribution in [3.8, 4) is 0 Å². The molecule has 0 saturated heterocycles. The third-order valence-corrected chi connectivity index (χ3v) is 3.73. The Kier molecular flexibility index (Phi) is 4.54. The predicted molar refractivity (Wildman–Crippen MR) is 91.2 cm³/mol. The van der Waals surface area contributed by atoms with Crippen molar-refractivity contribution in [1.82, 2.24) is 30.4 Å². The summed E-state index contributed by atoms with van der Waals surface area (Å²) >= 11 is 0. The summed E-state index contributed by atoms with van der Waals surface area (Å²) < 4.78 is 0. The molecular formula is C17H20N6O3. The van der Waals surface area contributed by atoms with Crippen LogP contribution in [0.2, 0.25) is 0 Å². The number of rotatable bonds is 5. The van der Waals surface area contributed by atoms with Crippen LogP contribution in [0.4, 0.5) is 0 Å². The fourth-order valence-electron chi connectivity index (χ4n) is 2.68. The molecule has 1 aliphatic rings. The van der Waals surface area contributed by atoms with E-state index in [1.165, 1.54) is 9.70 Å². The first-order valence-electron chi connectivity index (χ1n) is 8.27. The monoisotopic (exact) mass is 356 g/mol. The second-order valence-corrected chi connectivity index (χ2v) is 7.09. The lowest BCUT2D eigenvalue weighted by Gasteiger charge is -2.19. The Morgan fingerprint density at radius 3 is 2.31 bits per heavy atom. The van der Waals surface area contributed by atoms with Crippen molar-refractivity contribution in [2.75, 3.05) is 6.54 Å². The Labute approximate surface area is 150 Å². The lowest BCUT2D eigenvalue weighted by atomic mass is 10.1. The van der Waals surface area contributed by atoms with Crippen molar-refractivity contribution in [3.63, 3.8) is 0 Å². The molecule has 0 radical (unpaired) electrons. The third-order valence-electron chi connectivity index (χ3n) is 3.73. The number of hydrogen-bond donors (Lipinski definition) is 1. The minimum Gasteiger partial charge on any atom is -0.350 e. The summed E-state index contributed by atoms with van der Waals surface area (Å²) in [6.45, 7) is 5.76. The standard InChI is InChI=1S/C17H20N6O3/c1-17(2,3)18-14(24)10-23-20-13(19-21-23)8-9-22-15(25)11-6-4-5-7-12(11)16(22)26/h4-7H,8-10H2,1-3H3,(H,18,24). The Bertz CT molecular complexity index is 832. The molecule has 1 aromatic heterocycles. The van der Waals surface area contributed by atoms with E-state index in [1.54, 1.807) is 24.3 Å². The fourth-order valence-corrected chi connectivity index (χ4v) is 2.68. The van der Waals surface area contributed by atoms with Crippen LogP contribution in [0.25, 0.3) is 0 Å². The van der Waals surface area contributed by atoms with Gasteiger partial charge < -0.3 is 5.32 Å². The smallest absolute Gasteiger partial charge is 0.261 e. The van der Waals surface area contributed by atoms with Crippen LogP contribution >= 0.6 is 0 Å². The summed E-state index contributed by atoms with van der Waals surface area (Å²) in [7, 11) is 0. The molecule has 0 spiro atoms. The van der Waals surface area contributed by atoms with E-state index in [-0.39, 0.29) is 42.8 Å². The van der Waals surface area contributed by atoms with Gasteiger partial charge in [0.05, 0.1) is 11.1 Å². The van der Waals surface area contributed by atoms with Crippen LogP contribution in [0.3, 0.4) is 0 Å². The van der Waals surface area contributed by atoms with Gasteiger partial charge in [-0.3, -0.25) is 19.3 Å². The largest absolute Gasteiger partial charge is 0.350 e. The normalized spacial score (nSPS) is 13.9. The highest BCUT2D eigenvalue weighted by Gasteiger charge is 2.34. The van der Waals surface area contributed by atoms with Gasteiger partial charge in [-0.15, -0.1) is 10.2 Å². The van der Waals surface area contributed by atoms with Crippen LogP contribution in [0.1, 0.15) is 47.3 Å². The van der Waals surface area contributed by atoms with E-state index in [0.29, 0.717) is 17.0 Å². The average Bonchev–Trinajstić information content (AvgIpc) is 3.08. The summed E-state index contributed by atoms with van der Waals surface area (Å²) in [5.74, 6) is -0.489. The molecular weight excluding hydrogens is 336 g/mol. The van der Waals surface area contributed by atoms with Gasteiger partial charge in [-0.05, 0) is 38.1 Å². The molecule has 9 nitrogen and oxygen atoms in total. The van der Waals surface area contributed by atoms with Crippen molar-refractivity contribution >= 4 is 17.7 Å². The number of hydrogen-bond acceptors (Lipinski definition) is 6. The molecule has 0 atom stereocenters. The van der Waals surface area contributed by atoms with Crippen LogP contribution in [-0.2, 0) is 17.8 Å². The highest BCUT2D eigenvalue weighted by molar-refractivity contribution is 6.21. The molecule has 26 heavy (non-hydrogen) atoms. The maximum atomic E-state index is 12.3. The number of amides is 3. The van der Waals surface area contributed by atoms with Crippen LogP contribution < -0.4 is 5.32 Å². The molecule has 136 valence electrons. The summed E-state index contributed by atoms with van der Waals surface area (Å²) in [6, 6.07) is 6.72. The van der Waals surface area contributed by atoms with Gasteiger partial charge in [0.15, 0.2) is 5.82 Å². The highest BCUT2D eigenvalue weighted by Crippen LogP contribution is 2.22. The topological polar surface area (TPSA) is 110 Å². The number of fused-ring (bicyclic) bond motifs is 1. The first-order chi connectivity index (χ1) is 12.2. The van der Waals surface area contributed by atoms with Crippen molar-refractivity contribution in [1.29, 1.82) is 0 Å². The van der Waals surface area contributed by atoms with Crippen LogP contribution in [0, 0.1) is 0 Å². The van der Waals surface area contributed by atoms with Crippen molar-refractivity contribution in [2.45, 2.75) is 39.3 Å². The first kappa shape index (κ1) is 17.7. The van der Waals surface area contributed by atoms with E-state index in [1.807, 2.05) is 20.8 Å². The van der Waals surface area contributed by atoms with Gasteiger partial charge in [0.25, 0.3) is 11.8 Å². The number of carbonyl (C=O) groups is 3. The zero-order valence-electron chi connectivity index (χ0n) is 14.9. The van der Waals surface area contributed by atoms with E-state index < -0.39 is 0 Å². The van der Waals surface area contributed by atoms with Gasteiger partial charge in [-0.1, -0.05) is 12.1 Å². The summed E-state index contributed by atoms with van der Waals surface area (Å²) in [4.78, 5) is 38.9. The molecule has 2 heterocycles. The summed E-state index contributed by atoms with van der Waals surface area (Å²) in [5.41, 5.74) is 0.479. The van der Waals surface area contributed by atoms with Gasteiger partial charge in [0, 0.05) is 18.5 Å². The molecule has 0 fully saturated rings. The zero-order valence-corrected chi connectivity index (χ0v) is 14.9. The van der Waals surface area contributed by atoms with Gasteiger partial charge in [-0.25, -0.2) is 0 Å². The maximum Gasteiger partial charge on any atom is 0.261 e. The Morgan fingerprint density at radius 1 is 1.12 bits per heavy atom. The van der Waals surface area contributed by atoms with E-state index in [4.69, 9.17) is 0 Å². The quantitative estimate of drug-likeness (QED) is 0.778. The number of carbonyl (C=O) groups excluding carboxylic acids is 3. The number of nitrogens with zero attached hydrogens (tertiary/aromatic N) is 5.